The molecule has 2 unspecified atom stereocenters. The Morgan fingerprint density at radius 1 is 1.05 bits per heavy atom. The van der Waals surface area contributed by atoms with Gasteiger partial charge in [-0.2, -0.15) is 0 Å². The number of pyridine rings is 1. The summed E-state index contributed by atoms with van der Waals surface area (Å²) in [5.41, 5.74) is 1.15. The highest BCUT2D eigenvalue weighted by Gasteiger charge is 2.36. The Morgan fingerprint density at radius 3 is 2.55 bits per heavy atom. The van der Waals surface area contributed by atoms with E-state index < -0.39 is 0 Å². The van der Waals surface area contributed by atoms with Gasteiger partial charge < -0.3 is 15.0 Å². The molecular weight excluding hydrogens is 250 g/mol. The average Bonchev–Trinajstić information content (AvgIpc) is 2.48. The SMILES string of the molecule is c1ccc(Oc2cncc(N3CC4CC(C3)N4)c2)cc1. The lowest BCUT2D eigenvalue weighted by molar-refractivity contribution is 0.226. The summed E-state index contributed by atoms with van der Waals surface area (Å²) in [5, 5.41) is 3.54. The lowest BCUT2D eigenvalue weighted by Crippen LogP contribution is -2.67. The minimum atomic E-state index is 0.646. The Bertz CT molecular complexity index is 586. The van der Waals surface area contributed by atoms with Crippen LogP contribution in [0.2, 0.25) is 0 Å². The number of fused-ring (bicyclic) bond motifs is 2. The largest absolute Gasteiger partial charge is 0.456 e. The molecule has 4 nitrogen and oxygen atoms in total. The van der Waals surface area contributed by atoms with E-state index in [2.05, 4.69) is 21.3 Å². The number of anilines is 1. The highest BCUT2D eigenvalue weighted by molar-refractivity contribution is 5.50. The first kappa shape index (κ1) is 11.7. The molecule has 0 saturated carbocycles. The molecule has 2 bridgehead atoms. The van der Waals surface area contributed by atoms with Gasteiger partial charge in [0.05, 0.1) is 18.1 Å². The van der Waals surface area contributed by atoms with E-state index in [1.54, 1.807) is 6.20 Å². The molecule has 2 atom stereocenters. The number of piperazine rings is 1. The zero-order chi connectivity index (χ0) is 13.4. The third-order valence-electron chi connectivity index (χ3n) is 3.96. The van der Waals surface area contributed by atoms with Crippen LogP contribution in [0.4, 0.5) is 5.69 Å². The molecule has 5 rings (SSSR count). The fourth-order valence-electron chi connectivity index (χ4n) is 2.99. The first-order valence-corrected chi connectivity index (χ1v) is 7.06. The summed E-state index contributed by atoms with van der Waals surface area (Å²) < 4.78 is 5.84. The van der Waals surface area contributed by atoms with Crippen molar-refractivity contribution in [1.29, 1.82) is 0 Å². The Balaban J connectivity index is 1.52. The van der Waals surface area contributed by atoms with Crippen molar-refractivity contribution in [1.82, 2.24) is 10.3 Å². The van der Waals surface area contributed by atoms with E-state index in [9.17, 15) is 0 Å². The van der Waals surface area contributed by atoms with Gasteiger partial charge in [-0.25, -0.2) is 0 Å². The highest BCUT2D eigenvalue weighted by Crippen LogP contribution is 2.29. The van der Waals surface area contributed by atoms with Crippen LogP contribution in [0.3, 0.4) is 0 Å². The van der Waals surface area contributed by atoms with Crippen molar-refractivity contribution in [3.63, 3.8) is 0 Å². The van der Waals surface area contributed by atoms with Gasteiger partial charge in [0.15, 0.2) is 0 Å². The van der Waals surface area contributed by atoms with Crippen molar-refractivity contribution in [2.24, 2.45) is 0 Å². The van der Waals surface area contributed by atoms with Crippen molar-refractivity contribution >= 4 is 5.69 Å². The minimum Gasteiger partial charge on any atom is -0.456 e. The summed E-state index contributed by atoms with van der Waals surface area (Å²) in [4.78, 5) is 6.70. The van der Waals surface area contributed by atoms with Crippen LogP contribution < -0.4 is 15.0 Å². The normalized spacial score (nSPS) is 24.1. The summed E-state index contributed by atoms with van der Waals surface area (Å²) in [7, 11) is 0. The second-order valence-electron chi connectivity index (χ2n) is 5.50. The Labute approximate surface area is 118 Å². The molecule has 3 aliphatic heterocycles. The minimum absolute atomic E-state index is 0.646. The number of nitrogens with one attached hydrogen (secondary N) is 1. The van der Waals surface area contributed by atoms with E-state index in [1.165, 1.54) is 6.42 Å². The maximum absolute atomic E-state index is 5.84. The van der Waals surface area contributed by atoms with Crippen molar-refractivity contribution in [3.05, 3.63) is 48.8 Å². The van der Waals surface area contributed by atoms with Crippen LogP contribution in [-0.4, -0.2) is 30.2 Å². The zero-order valence-electron chi connectivity index (χ0n) is 11.2. The van der Waals surface area contributed by atoms with Gasteiger partial charge >= 0.3 is 0 Å². The van der Waals surface area contributed by atoms with Gasteiger partial charge in [-0.3, -0.25) is 4.98 Å². The first-order valence-electron chi connectivity index (χ1n) is 7.06. The Kier molecular flexibility index (Phi) is 2.81. The van der Waals surface area contributed by atoms with Gasteiger partial charge in [0.25, 0.3) is 0 Å². The molecule has 1 N–H and O–H groups in total. The molecule has 3 saturated heterocycles. The number of nitrogens with zero attached hydrogens (tertiary/aromatic N) is 2. The van der Waals surface area contributed by atoms with Gasteiger partial charge in [-0.05, 0) is 18.6 Å². The first-order chi connectivity index (χ1) is 9.87. The smallest absolute Gasteiger partial charge is 0.147 e. The van der Waals surface area contributed by atoms with E-state index in [0.717, 1.165) is 30.3 Å². The topological polar surface area (TPSA) is 37.4 Å². The molecule has 0 amide bonds. The molecule has 1 aromatic carbocycles. The number of ether oxygens (including phenoxy) is 1. The molecule has 0 spiro atoms. The van der Waals surface area contributed by atoms with E-state index in [1.807, 2.05) is 36.5 Å². The van der Waals surface area contributed by atoms with Crippen molar-refractivity contribution in [2.75, 3.05) is 18.0 Å². The average molecular weight is 267 g/mol. The lowest BCUT2D eigenvalue weighted by atomic mass is 9.91. The van der Waals surface area contributed by atoms with Crippen LogP contribution in [0.25, 0.3) is 0 Å². The third kappa shape index (κ3) is 2.23. The number of hydrogen-bond acceptors (Lipinski definition) is 4. The molecule has 3 fully saturated rings. The van der Waals surface area contributed by atoms with Crippen LogP contribution in [0.5, 0.6) is 11.5 Å². The van der Waals surface area contributed by atoms with Crippen molar-refractivity contribution < 1.29 is 4.74 Å². The fraction of sp³-hybridized carbons (Fsp3) is 0.312. The molecule has 1 aromatic heterocycles. The lowest BCUT2D eigenvalue weighted by Gasteiger charge is -2.49. The number of para-hydroxylation sites is 1. The second kappa shape index (κ2) is 4.80. The van der Waals surface area contributed by atoms with E-state index in [-0.39, 0.29) is 0 Å². The fourth-order valence-corrected chi connectivity index (χ4v) is 2.99. The van der Waals surface area contributed by atoms with Crippen molar-refractivity contribution in [3.8, 4) is 11.5 Å². The molecule has 0 aliphatic carbocycles. The van der Waals surface area contributed by atoms with Crippen LogP contribution in [0.1, 0.15) is 6.42 Å². The van der Waals surface area contributed by atoms with Crippen LogP contribution in [0.15, 0.2) is 48.8 Å². The molecule has 2 aromatic rings. The quantitative estimate of drug-likeness (QED) is 0.926. The van der Waals surface area contributed by atoms with Gasteiger partial charge in [0.1, 0.15) is 11.5 Å². The zero-order valence-corrected chi connectivity index (χ0v) is 11.2. The third-order valence-corrected chi connectivity index (χ3v) is 3.96. The highest BCUT2D eigenvalue weighted by atomic mass is 16.5. The van der Waals surface area contributed by atoms with E-state index >= 15 is 0 Å². The van der Waals surface area contributed by atoms with Gasteiger partial charge in [-0.1, -0.05) is 18.2 Å². The monoisotopic (exact) mass is 267 g/mol. The van der Waals surface area contributed by atoms with Crippen molar-refractivity contribution in [2.45, 2.75) is 18.5 Å². The van der Waals surface area contributed by atoms with Crippen LogP contribution in [-0.2, 0) is 0 Å². The standard InChI is InChI=1S/C16H17N3O/c1-2-4-15(5-3-1)20-16-7-14(8-17-9-16)19-10-12-6-13(11-19)18-12/h1-5,7-9,12-13,18H,6,10-11H2. The van der Waals surface area contributed by atoms with Gasteiger partial charge in [0.2, 0.25) is 0 Å². The van der Waals surface area contributed by atoms with Crippen LogP contribution in [0, 0.1) is 0 Å². The van der Waals surface area contributed by atoms with E-state index in [0.29, 0.717) is 12.1 Å². The predicted molar refractivity (Wildman–Crippen MR) is 78.3 cm³/mol. The molecule has 20 heavy (non-hydrogen) atoms. The second-order valence-corrected chi connectivity index (χ2v) is 5.50. The molecule has 3 aliphatic rings. The van der Waals surface area contributed by atoms with E-state index in [4.69, 9.17) is 4.74 Å². The number of hydrogen-bond donors (Lipinski definition) is 1. The molecule has 4 heterocycles. The predicted octanol–water partition coefficient (Wildman–Crippen LogP) is 2.42. The summed E-state index contributed by atoms with van der Waals surface area (Å²) in [5.74, 6) is 1.63. The summed E-state index contributed by atoms with van der Waals surface area (Å²) in [6, 6.07) is 13.2. The maximum atomic E-state index is 5.84. The molecular formula is C16H17N3O. The van der Waals surface area contributed by atoms with Gasteiger partial charge in [0, 0.05) is 31.2 Å². The molecule has 4 heteroatoms. The summed E-state index contributed by atoms with van der Waals surface area (Å²) >= 11 is 0. The number of benzene rings is 1. The molecule has 102 valence electrons. The Morgan fingerprint density at radius 2 is 1.80 bits per heavy atom. The summed E-state index contributed by atoms with van der Waals surface area (Å²) in [6.07, 6.45) is 4.99. The molecule has 0 radical (unpaired) electrons. The maximum Gasteiger partial charge on any atom is 0.147 e. The Hall–Kier alpha value is -2.07. The number of rotatable bonds is 3. The number of aromatic nitrogens is 1. The van der Waals surface area contributed by atoms with Crippen LogP contribution >= 0.6 is 0 Å². The number of piperidine rings is 1. The van der Waals surface area contributed by atoms with Gasteiger partial charge in [-0.15, -0.1) is 0 Å². The summed E-state index contributed by atoms with van der Waals surface area (Å²) in [6.45, 7) is 2.12.